The predicted octanol–water partition coefficient (Wildman–Crippen LogP) is 1.07. The van der Waals surface area contributed by atoms with Crippen molar-refractivity contribution in [2.75, 3.05) is 33.3 Å². The van der Waals surface area contributed by atoms with E-state index in [0.29, 0.717) is 0 Å². The maximum Gasteiger partial charge on any atom is 0.254 e. The molecule has 0 radical (unpaired) electrons. The number of amides is 1. The number of nitrogens with zero attached hydrogens (tertiary/aromatic N) is 2. The molecule has 1 saturated heterocycles. The van der Waals surface area contributed by atoms with Crippen LogP contribution in [0.4, 0.5) is 0 Å². The largest absolute Gasteiger partial charge is 0.336 e. The Labute approximate surface area is 93.0 Å². The van der Waals surface area contributed by atoms with Crippen LogP contribution in [-0.2, 0) is 4.84 Å². The normalized spacial score (nSPS) is 18.1. The Kier molecular flexibility index (Phi) is 3.35. The van der Waals surface area contributed by atoms with Crippen LogP contribution in [-0.4, -0.2) is 49.2 Å². The van der Waals surface area contributed by atoms with Gasteiger partial charge >= 0.3 is 0 Å². The molecule has 0 aromatic carbocycles. The molecule has 1 fully saturated rings. The SMILES string of the molecule is CON1CCN(C(=O)c2ccsc2)CC1. The molecule has 2 rings (SSSR count). The van der Waals surface area contributed by atoms with Crippen LogP contribution in [0, 0.1) is 0 Å². The summed E-state index contributed by atoms with van der Waals surface area (Å²) in [6.07, 6.45) is 0. The quantitative estimate of drug-likeness (QED) is 0.756. The zero-order chi connectivity index (χ0) is 10.7. The second-order valence-electron chi connectivity index (χ2n) is 3.42. The third kappa shape index (κ3) is 2.37. The summed E-state index contributed by atoms with van der Waals surface area (Å²) in [6, 6.07) is 1.87. The van der Waals surface area contributed by atoms with Crippen LogP contribution in [0.2, 0.25) is 0 Å². The van der Waals surface area contributed by atoms with E-state index < -0.39 is 0 Å². The molecule has 1 aromatic rings. The smallest absolute Gasteiger partial charge is 0.254 e. The number of carbonyl (C=O) groups excluding carboxylic acids is 1. The first-order valence-corrected chi connectivity index (χ1v) is 5.86. The fraction of sp³-hybridized carbons (Fsp3) is 0.500. The molecule has 4 nitrogen and oxygen atoms in total. The second kappa shape index (κ2) is 4.74. The van der Waals surface area contributed by atoms with Crippen LogP contribution in [0.15, 0.2) is 16.8 Å². The molecule has 0 unspecified atom stereocenters. The van der Waals surface area contributed by atoms with E-state index in [4.69, 9.17) is 4.84 Å². The Hall–Kier alpha value is -0.910. The maximum absolute atomic E-state index is 11.9. The number of thiophene rings is 1. The lowest BCUT2D eigenvalue weighted by Gasteiger charge is -2.32. The van der Waals surface area contributed by atoms with E-state index in [1.165, 1.54) is 0 Å². The van der Waals surface area contributed by atoms with E-state index in [1.54, 1.807) is 18.4 Å². The number of piperazine rings is 1. The van der Waals surface area contributed by atoms with Gasteiger partial charge < -0.3 is 9.74 Å². The first-order chi connectivity index (χ1) is 7.31. The van der Waals surface area contributed by atoms with Crippen LogP contribution in [0.1, 0.15) is 10.4 Å². The van der Waals surface area contributed by atoms with Crippen LogP contribution in [0.3, 0.4) is 0 Å². The van der Waals surface area contributed by atoms with Crippen molar-refractivity contribution in [1.29, 1.82) is 0 Å². The lowest BCUT2D eigenvalue weighted by molar-refractivity contribution is -0.147. The molecule has 15 heavy (non-hydrogen) atoms. The minimum Gasteiger partial charge on any atom is -0.336 e. The van der Waals surface area contributed by atoms with E-state index in [-0.39, 0.29) is 5.91 Å². The number of hydrogen-bond donors (Lipinski definition) is 0. The summed E-state index contributed by atoms with van der Waals surface area (Å²) in [4.78, 5) is 18.9. The lowest BCUT2D eigenvalue weighted by atomic mass is 10.2. The number of hydrogen-bond acceptors (Lipinski definition) is 4. The molecule has 2 heterocycles. The molecule has 1 aromatic heterocycles. The summed E-state index contributed by atoms with van der Waals surface area (Å²) in [6.45, 7) is 3.05. The van der Waals surface area contributed by atoms with Gasteiger partial charge in [0, 0.05) is 31.6 Å². The van der Waals surface area contributed by atoms with Crippen LogP contribution in [0.25, 0.3) is 0 Å². The topological polar surface area (TPSA) is 32.8 Å². The highest BCUT2D eigenvalue weighted by Gasteiger charge is 2.21. The zero-order valence-corrected chi connectivity index (χ0v) is 9.50. The summed E-state index contributed by atoms with van der Waals surface area (Å²) < 4.78 is 0. The summed E-state index contributed by atoms with van der Waals surface area (Å²) >= 11 is 1.55. The first kappa shape index (κ1) is 10.6. The van der Waals surface area contributed by atoms with Gasteiger partial charge in [0.15, 0.2) is 0 Å². The van der Waals surface area contributed by atoms with E-state index >= 15 is 0 Å². The van der Waals surface area contributed by atoms with Crippen molar-refractivity contribution in [3.8, 4) is 0 Å². The summed E-state index contributed by atoms with van der Waals surface area (Å²) in [5.41, 5.74) is 0.797. The van der Waals surface area contributed by atoms with Gasteiger partial charge in [-0.25, -0.2) is 0 Å². The minimum absolute atomic E-state index is 0.131. The molecule has 1 aliphatic rings. The van der Waals surface area contributed by atoms with E-state index in [1.807, 2.05) is 26.8 Å². The van der Waals surface area contributed by atoms with Crippen LogP contribution >= 0.6 is 11.3 Å². The molecular weight excluding hydrogens is 212 g/mol. The Bertz CT molecular complexity index is 318. The molecule has 1 amide bonds. The van der Waals surface area contributed by atoms with Crippen molar-refractivity contribution in [3.05, 3.63) is 22.4 Å². The van der Waals surface area contributed by atoms with Crippen molar-refractivity contribution >= 4 is 17.2 Å². The number of hydroxylamine groups is 2. The Morgan fingerprint density at radius 1 is 1.40 bits per heavy atom. The number of carbonyl (C=O) groups is 1. The zero-order valence-electron chi connectivity index (χ0n) is 8.68. The van der Waals surface area contributed by atoms with Crippen LogP contribution in [0.5, 0.6) is 0 Å². The van der Waals surface area contributed by atoms with Gasteiger partial charge in [-0.05, 0) is 11.4 Å². The molecule has 82 valence electrons. The molecule has 0 atom stereocenters. The summed E-state index contributed by atoms with van der Waals surface area (Å²) in [5.74, 6) is 0.131. The number of rotatable bonds is 2. The molecule has 0 bridgehead atoms. The van der Waals surface area contributed by atoms with Crippen molar-refractivity contribution in [3.63, 3.8) is 0 Å². The Balaban J connectivity index is 1.93. The molecule has 0 aliphatic carbocycles. The molecular formula is C10H14N2O2S. The highest BCUT2D eigenvalue weighted by molar-refractivity contribution is 7.08. The van der Waals surface area contributed by atoms with Crippen molar-refractivity contribution in [1.82, 2.24) is 9.96 Å². The van der Waals surface area contributed by atoms with Gasteiger partial charge in [0.25, 0.3) is 5.91 Å². The average Bonchev–Trinajstić information content (AvgIpc) is 2.82. The average molecular weight is 226 g/mol. The fourth-order valence-electron chi connectivity index (χ4n) is 1.64. The third-order valence-corrected chi connectivity index (χ3v) is 3.24. The van der Waals surface area contributed by atoms with Crippen molar-refractivity contribution < 1.29 is 9.63 Å². The molecule has 1 aliphatic heterocycles. The molecule has 0 N–H and O–H groups in total. The first-order valence-electron chi connectivity index (χ1n) is 4.92. The maximum atomic E-state index is 11.9. The van der Waals surface area contributed by atoms with Gasteiger partial charge in [-0.15, -0.1) is 0 Å². The Morgan fingerprint density at radius 2 is 2.13 bits per heavy atom. The monoisotopic (exact) mass is 226 g/mol. The standard InChI is InChI=1S/C10H14N2O2S/c1-14-12-5-3-11(4-6-12)10(13)9-2-7-15-8-9/h2,7-8H,3-6H2,1H3. The summed E-state index contributed by atoms with van der Waals surface area (Å²) in [5, 5.41) is 5.70. The van der Waals surface area contributed by atoms with Crippen LogP contribution < -0.4 is 0 Å². The highest BCUT2D eigenvalue weighted by atomic mass is 32.1. The van der Waals surface area contributed by atoms with E-state index in [2.05, 4.69) is 0 Å². The Morgan fingerprint density at radius 3 is 2.67 bits per heavy atom. The van der Waals surface area contributed by atoms with Gasteiger partial charge in [-0.1, -0.05) is 0 Å². The summed E-state index contributed by atoms with van der Waals surface area (Å²) in [7, 11) is 1.66. The van der Waals surface area contributed by atoms with Crippen molar-refractivity contribution in [2.45, 2.75) is 0 Å². The second-order valence-corrected chi connectivity index (χ2v) is 4.20. The minimum atomic E-state index is 0.131. The van der Waals surface area contributed by atoms with Gasteiger partial charge in [0.05, 0.1) is 12.7 Å². The molecule has 5 heteroatoms. The lowest BCUT2D eigenvalue weighted by Crippen LogP contribution is -2.48. The van der Waals surface area contributed by atoms with Gasteiger partial charge in [0.1, 0.15) is 0 Å². The van der Waals surface area contributed by atoms with E-state index in [0.717, 1.165) is 31.7 Å². The van der Waals surface area contributed by atoms with Crippen molar-refractivity contribution in [2.24, 2.45) is 0 Å². The van der Waals surface area contributed by atoms with Gasteiger partial charge in [0.2, 0.25) is 0 Å². The van der Waals surface area contributed by atoms with E-state index in [9.17, 15) is 4.79 Å². The third-order valence-electron chi connectivity index (χ3n) is 2.55. The van der Waals surface area contributed by atoms with Gasteiger partial charge in [-0.3, -0.25) is 4.79 Å². The fourth-order valence-corrected chi connectivity index (χ4v) is 2.27. The molecule has 0 spiro atoms. The van der Waals surface area contributed by atoms with Gasteiger partial charge in [-0.2, -0.15) is 16.4 Å². The molecule has 0 saturated carbocycles. The predicted molar refractivity (Wildman–Crippen MR) is 58.8 cm³/mol. The highest BCUT2D eigenvalue weighted by Crippen LogP contribution is 2.11.